The van der Waals surface area contributed by atoms with E-state index in [2.05, 4.69) is 31.8 Å². The highest BCUT2D eigenvalue weighted by Gasteiger charge is 2.39. The Balaban J connectivity index is 1.05. The van der Waals surface area contributed by atoms with Gasteiger partial charge in [0.05, 0.1) is 23.0 Å². The first kappa shape index (κ1) is 29.8. The standard InChI is InChI=1S/C29H32F3N9O2/c30-29(31,32)23-14-26(34)38-37-17-24(23)41-18-21-2-1-3-25(22(21)19-41)43-13-8-35-7-6-28(42)40-11-9-39(10-12-40)27-5-4-20(15-33)16-36-27/h1-5,16-17,35H,6-14,18-19H2,(H2,34,38). The number of hydrogen-bond donors (Lipinski definition) is 3. The molecule has 43 heavy (non-hydrogen) atoms. The van der Waals surface area contributed by atoms with E-state index in [1.165, 1.54) is 0 Å². The molecule has 1 aromatic heterocycles. The molecule has 0 spiro atoms. The lowest BCUT2D eigenvalue weighted by Crippen LogP contribution is -2.49. The van der Waals surface area contributed by atoms with Gasteiger partial charge in [-0.2, -0.15) is 23.5 Å². The molecule has 11 nitrogen and oxygen atoms in total. The fourth-order valence-corrected chi connectivity index (χ4v) is 5.31. The highest BCUT2D eigenvalue weighted by atomic mass is 19.4. The summed E-state index contributed by atoms with van der Waals surface area (Å²) < 4.78 is 47.4. The second-order valence-electron chi connectivity index (χ2n) is 10.4. The molecule has 3 N–H and O–H groups in total. The van der Waals surface area contributed by atoms with Gasteiger partial charge in [-0.25, -0.2) is 4.98 Å². The summed E-state index contributed by atoms with van der Waals surface area (Å²) in [5.74, 6) is 1.16. The molecular formula is C29H32F3N9O2. The first-order valence-electron chi connectivity index (χ1n) is 14.0. The maximum Gasteiger partial charge on any atom is 0.415 e. The quantitative estimate of drug-likeness (QED) is 0.377. The van der Waals surface area contributed by atoms with Crippen molar-refractivity contribution in [1.82, 2.24) is 25.5 Å². The second kappa shape index (κ2) is 13.1. The van der Waals surface area contributed by atoms with Crippen LogP contribution in [0.15, 0.2) is 52.9 Å². The van der Waals surface area contributed by atoms with Crippen molar-refractivity contribution in [2.24, 2.45) is 5.10 Å². The van der Waals surface area contributed by atoms with Crippen LogP contribution in [-0.4, -0.2) is 84.8 Å². The summed E-state index contributed by atoms with van der Waals surface area (Å²) in [4.78, 5) is 22.5. The number of amides is 1. The minimum atomic E-state index is -4.58. The zero-order valence-electron chi connectivity index (χ0n) is 23.5. The van der Waals surface area contributed by atoms with Crippen LogP contribution in [0.3, 0.4) is 0 Å². The van der Waals surface area contributed by atoms with E-state index >= 15 is 0 Å². The van der Waals surface area contributed by atoms with Gasteiger partial charge in [-0.05, 0) is 23.8 Å². The molecule has 14 heteroatoms. The zero-order valence-corrected chi connectivity index (χ0v) is 23.5. The van der Waals surface area contributed by atoms with Crippen LogP contribution in [0.25, 0.3) is 0 Å². The van der Waals surface area contributed by atoms with E-state index in [0.29, 0.717) is 63.6 Å². The predicted octanol–water partition coefficient (Wildman–Crippen LogP) is 2.75. The number of anilines is 1. The van der Waals surface area contributed by atoms with E-state index in [1.54, 1.807) is 23.2 Å². The van der Waals surface area contributed by atoms with Gasteiger partial charge in [-0.3, -0.25) is 15.6 Å². The molecule has 0 saturated carbocycles. The van der Waals surface area contributed by atoms with Gasteiger partial charge in [-0.1, -0.05) is 12.1 Å². The van der Waals surface area contributed by atoms with Crippen molar-refractivity contribution >= 4 is 23.8 Å². The number of amidine groups is 1. The van der Waals surface area contributed by atoms with Crippen molar-refractivity contribution in [3.8, 4) is 11.8 Å². The Morgan fingerprint density at radius 2 is 1.93 bits per heavy atom. The van der Waals surface area contributed by atoms with Crippen LogP contribution in [0.5, 0.6) is 5.75 Å². The lowest BCUT2D eigenvalue weighted by Gasteiger charge is -2.35. The summed E-state index contributed by atoms with van der Waals surface area (Å²) in [5, 5.41) is 23.6. The van der Waals surface area contributed by atoms with Gasteiger partial charge < -0.3 is 24.8 Å². The van der Waals surface area contributed by atoms with Gasteiger partial charge in [0.15, 0.2) is 0 Å². The number of nitrogens with one attached hydrogen (secondary N) is 3. The molecule has 0 bridgehead atoms. The number of alkyl halides is 3. The van der Waals surface area contributed by atoms with E-state index in [1.807, 2.05) is 23.1 Å². The summed E-state index contributed by atoms with van der Waals surface area (Å²) >= 11 is 0. The van der Waals surface area contributed by atoms with Gasteiger partial charge in [0, 0.05) is 77.0 Å². The Morgan fingerprint density at radius 3 is 2.65 bits per heavy atom. The predicted molar refractivity (Wildman–Crippen MR) is 153 cm³/mol. The average molecular weight is 596 g/mol. The van der Waals surface area contributed by atoms with Crippen LogP contribution in [0, 0.1) is 16.7 Å². The number of nitrogens with zero attached hydrogens (tertiary/aromatic N) is 6. The number of rotatable bonds is 9. The summed E-state index contributed by atoms with van der Waals surface area (Å²) in [6, 6.07) is 11.1. The lowest BCUT2D eigenvalue weighted by atomic mass is 10.1. The zero-order chi connectivity index (χ0) is 30.4. The van der Waals surface area contributed by atoms with Crippen LogP contribution in [0.4, 0.5) is 19.0 Å². The molecule has 0 aliphatic carbocycles. The molecule has 4 heterocycles. The van der Waals surface area contributed by atoms with Crippen LogP contribution in [-0.2, 0) is 17.9 Å². The van der Waals surface area contributed by atoms with Gasteiger partial charge >= 0.3 is 6.18 Å². The number of nitriles is 1. The third-order valence-electron chi connectivity index (χ3n) is 7.56. The Morgan fingerprint density at radius 1 is 1.12 bits per heavy atom. The molecule has 3 aliphatic rings. The van der Waals surface area contributed by atoms with Crippen LogP contribution in [0.1, 0.15) is 29.5 Å². The fourth-order valence-electron chi connectivity index (χ4n) is 5.31. The topological polar surface area (TPSA) is 133 Å². The lowest BCUT2D eigenvalue weighted by molar-refractivity contribution is -0.131. The number of hydrogen-bond acceptors (Lipinski definition) is 9. The number of halogens is 3. The summed E-state index contributed by atoms with van der Waals surface area (Å²) in [6.45, 7) is 4.40. The normalized spacial score (nSPS) is 17.0. The molecule has 226 valence electrons. The highest BCUT2D eigenvalue weighted by Crippen LogP contribution is 2.38. The summed E-state index contributed by atoms with van der Waals surface area (Å²) in [7, 11) is 0. The van der Waals surface area contributed by atoms with Crippen molar-refractivity contribution in [3.63, 3.8) is 0 Å². The third-order valence-corrected chi connectivity index (χ3v) is 7.56. The summed E-state index contributed by atoms with van der Waals surface area (Å²) in [6.07, 6.45) is -2.12. The van der Waals surface area contributed by atoms with Crippen LogP contribution >= 0.6 is 0 Å². The van der Waals surface area contributed by atoms with Crippen molar-refractivity contribution < 1.29 is 22.7 Å². The molecule has 1 saturated heterocycles. The van der Waals surface area contributed by atoms with E-state index in [-0.39, 0.29) is 30.5 Å². The fraction of sp³-hybridized carbons (Fsp3) is 0.414. The smallest absolute Gasteiger partial charge is 0.415 e. The molecular weight excluding hydrogens is 563 g/mol. The molecule has 3 aliphatic heterocycles. The van der Waals surface area contributed by atoms with Crippen molar-refractivity contribution in [2.75, 3.05) is 50.8 Å². The van der Waals surface area contributed by atoms with Crippen molar-refractivity contribution in [1.29, 1.82) is 10.7 Å². The largest absolute Gasteiger partial charge is 0.492 e. The minimum absolute atomic E-state index is 0.0527. The van der Waals surface area contributed by atoms with Crippen molar-refractivity contribution in [2.45, 2.75) is 32.1 Å². The number of carbonyl (C=O) groups excluding carboxylic acids is 1. The number of ether oxygens (including phenoxy) is 1. The highest BCUT2D eigenvalue weighted by molar-refractivity contribution is 5.89. The van der Waals surface area contributed by atoms with Crippen molar-refractivity contribution in [3.05, 3.63) is 64.5 Å². The Hall–Kier alpha value is -4.64. The molecule has 2 aromatic rings. The summed E-state index contributed by atoms with van der Waals surface area (Å²) in [5.41, 5.74) is 3.69. The molecule has 1 amide bonds. The number of fused-ring (bicyclic) bond motifs is 1. The Bertz CT molecular complexity index is 1440. The number of carbonyl (C=O) groups is 1. The maximum absolute atomic E-state index is 13.8. The van der Waals surface area contributed by atoms with E-state index in [0.717, 1.165) is 23.2 Å². The monoisotopic (exact) mass is 595 g/mol. The first-order valence-corrected chi connectivity index (χ1v) is 14.0. The molecule has 0 atom stereocenters. The van der Waals surface area contributed by atoms with Gasteiger partial charge in [0.1, 0.15) is 30.1 Å². The number of pyridine rings is 1. The number of aromatic nitrogens is 1. The molecule has 1 aromatic carbocycles. The molecule has 0 unspecified atom stereocenters. The second-order valence-corrected chi connectivity index (χ2v) is 10.4. The van der Waals surface area contributed by atoms with E-state index in [9.17, 15) is 18.0 Å². The Labute approximate surface area is 247 Å². The van der Waals surface area contributed by atoms with Crippen LogP contribution < -0.4 is 20.4 Å². The van der Waals surface area contributed by atoms with E-state index < -0.39 is 18.2 Å². The SMILES string of the molecule is N#Cc1ccc(N2CCN(C(=O)CCNCCOc3cccc4c3CN(C3=C(C(F)(F)F)CC(=N)NN=C3)C4)CC2)nc1. The molecule has 0 radical (unpaired) electrons. The third kappa shape index (κ3) is 7.23. The minimum Gasteiger partial charge on any atom is -0.492 e. The Kier molecular flexibility index (Phi) is 9.10. The number of hydrazone groups is 1. The van der Waals surface area contributed by atoms with Crippen LogP contribution in [0.2, 0.25) is 0 Å². The maximum atomic E-state index is 13.8. The average Bonchev–Trinajstić information content (AvgIpc) is 3.34. The molecule has 1 fully saturated rings. The van der Waals surface area contributed by atoms with E-state index in [4.69, 9.17) is 15.4 Å². The van der Waals surface area contributed by atoms with Gasteiger partial charge in [0.2, 0.25) is 5.91 Å². The van der Waals surface area contributed by atoms with Gasteiger partial charge in [-0.15, -0.1) is 0 Å². The number of allylic oxidation sites excluding steroid dienone is 1. The molecule has 5 rings (SSSR count). The number of piperazine rings is 1. The first-order chi connectivity index (χ1) is 20.7. The number of benzene rings is 1. The van der Waals surface area contributed by atoms with Gasteiger partial charge in [0.25, 0.3) is 0 Å².